The maximum atomic E-state index is 13.4. The van der Waals surface area contributed by atoms with Gasteiger partial charge < -0.3 is 15.1 Å². The van der Waals surface area contributed by atoms with Crippen LogP contribution < -0.4 is 5.32 Å². The molecule has 0 aliphatic carbocycles. The molecule has 1 heterocycles. The number of aryl methyl sites for hydroxylation is 1. The lowest BCUT2D eigenvalue weighted by Gasteiger charge is -2.36. The van der Waals surface area contributed by atoms with Crippen molar-refractivity contribution in [2.24, 2.45) is 0 Å². The number of carbonyl (C=O) groups excluding carboxylic acids is 3. The lowest BCUT2D eigenvalue weighted by atomic mass is 10.1. The molecule has 0 aromatic heterocycles. The highest BCUT2D eigenvalue weighted by atomic mass is 35.5. The Balaban J connectivity index is 1.92. The minimum atomic E-state index is -4.27. The van der Waals surface area contributed by atoms with Crippen LogP contribution in [0.2, 0.25) is 5.02 Å². The van der Waals surface area contributed by atoms with Crippen LogP contribution in [0, 0.1) is 6.92 Å². The molecule has 0 spiro atoms. The van der Waals surface area contributed by atoms with Gasteiger partial charge in [-0.05, 0) is 43.3 Å². The molecule has 10 heteroatoms. The predicted molar refractivity (Wildman–Crippen MR) is 120 cm³/mol. The van der Waals surface area contributed by atoms with Crippen LogP contribution in [-0.2, 0) is 19.4 Å². The molecule has 3 amide bonds. The van der Waals surface area contributed by atoms with Gasteiger partial charge in [0, 0.05) is 43.7 Å². The van der Waals surface area contributed by atoms with Crippen LogP contribution in [0.1, 0.15) is 22.8 Å². The van der Waals surface area contributed by atoms with E-state index in [1.807, 2.05) is 0 Å². The maximum absolute atomic E-state index is 13.4. The van der Waals surface area contributed by atoms with Crippen molar-refractivity contribution in [3.63, 3.8) is 0 Å². The van der Waals surface area contributed by atoms with Crippen molar-refractivity contribution in [1.82, 2.24) is 15.1 Å². The number of piperazine rings is 1. The molecule has 1 saturated heterocycles. The summed E-state index contributed by atoms with van der Waals surface area (Å²) >= 11 is 5.87. The summed E-state index contributed by atoms with van der Waals surface area (Å²) in [6, 6.07) is 12.0. The van der Waals surface area contributed by atoms with E-state index in [0.29, 0.717) is 18.1 Å². The van der Waals surface area contributed by atoms with E-state index in [2.05, 4.69) is 5.32 Å². The highest BCUT2D eigenvalue weighted by Gasteiger charge is 2.39. The lowest BCUT2D eigenvalue weighted by Crippen LogP contribution is -2.57. The Kier molecular flexibility index (Phi) is 7.20. The Morgan fingerprint density at radius 1 is 0.969 bits per heavy atom. The Bertz CT molecular complexity index is 1130. The highest BCUT2D eigenvalue weighted by Crippen LogP contribution is 2.20. The molecule has 0 unspecified atom stereocenters. The van der Waals surface area contributed by atoms with E-state index in [-0.39, 0.29) is 29.5 Å². The fourth-order valence-corrected chi connectivity index (χ4v) is 5.02. The lowest BCUT2D eigenvalue weighted by molar-refractivity contribution is -0.138. The first-order chi connectivity index (χ1) is 15.1. The van der Waals surface area contributed by atoms with Gasteiger partial charge in [-0.3, -0.25) is 14.4 Å². The minimum Gasteiger partial charge on any atom is -0.339 e. The van der Waals surface area contributed by atoms with E-state index in [1.165, 1.54) is 36.1 Å². The average Bonchev–Trinajstić information content (AvgIpc) is 2.77. The molecule has 0 saturated carbocycles. The van der Waals surface area contributed by atoms with Crippen molar-refractivity contribution in [2.45, 2.75) is 24.1 Å². The SMILES string of the molecule is CC(=O)N1CCN(C(=O)[C@H](NC(=O)c2cccc(C)c2)S(=O)(=O)c2ccc(Cl)cc2)CC1. The van der Waals surface area contributed by atoms with E-state index < -0.39 is 27.0 Å². The summed E-state index contributed by atoms with van der Waals surface area (Å²) in [7, 11) is -4.27. The first-order valence-corrected chi connectivity index (χ1v) is 11.9. The molecule has 1 atom stereocenters. The van der Waals surface area contributed by atoms with E-state index in [9.17, 15) is 22.8 Å². The first kappa shape index (κ1) is 23.7. The smallest absolute Gasteiger partial charge is 0.261 e. The number of sulfone groups is 1. The van der Waals surface area contributed by atoms with Crippen molar-refractivity contribution in [2.75, 3.05) is 26.2 Å². The maximum Gasteiger partial charge on any atom is 0.261 e. The van der Waals surface area contributed by atoms with E-state index >= 15 is 0 Å². The minimum absolute atomic E-state index is 0.116. The van der Waals surface area contributed by atoms with Crippen molar-refractivity contribution >= 4 is 39.2 Å². The fraction of sp³-hybridized carbons (Fsp3) is 0.318. The molecular formula is C22H24ClN3O5S. The number of halogens is 1. The standard InChI is InChI=1S/C22H24ClN3O5S/c1-15-4-3-5-17(14-15)20(28)24-21(32(30,31)19-8-6-18(23)7-9-19)22(29)26-12-10-25(11-13-26)16(2)27/h3-9,14,21H,10-13H2,1-2H3,(H,24,28)/t21-/m1/s1. The molecule has 170 valence electrons. The van der Waals surface area contributed by atoms with Crippen LogP contribution in [0.25, 0.3) is 0 Å². The summed E-state index contributed by atoms with van der Waals surface area (Å²) in [6.45, 7) is 4.17. The zero-order valence-electron chi connectivity index (χ0n) is 17.7. The Morgan fingerprint density at radius 2 is 1.56 bits per heavy atom. The van der Waals surface area contributed by atoms with E-state index in [0.717, 1.165) is 5.56 Å². The third kappa shape index (κ3) is 5.28. The van der Waals surface area contributed by atoms with Gasteiger partial charge in [-0.15, -0.1) is 0 Å². The zero-order valence-corrected chi connectivity index (χ0v) is 19.3. The monoisotopic (exact) mass is 477 g/mol. The topological polar surface area (TPSA) is 104 Å². The third-order valence-corrected chi connectivity index (χ3v) is 7.38. The van der Waals surface area contributed by atoms with Crippen LogP contribution >= 0.6 is 11.6 Å². The predicted octanol–water partition coefficient (Wildman–Crippen LogP) is 1.87. The number of nitrogens with zero attached hydrogens (tertiary/aromatic N) is 2. The van der Waals surface area contributed by atoms with Gasteiger partial charge in [-0.1, -0.05) is 29.3 Å². The Hall–Kier alpha value is -2.91. The van der Waals surface area contributed by atoms with Gasteiger partial charge in [0.15, 0.2) is 0 Å². The molecule has 2 aromatic rings. The first-order valence-electron chi connectivity index (χ1n) is 10.0. The van der Waals surface area contributed by atoms with Crippen molar-refractivity contribution in [3.05, 3.63) is 64.7 Å². The number of amides is 3. The zero-order chi connectivity index (χ0) is 23.5. The van der Waals surface area contributed by atoms with E-state index in [4.69, 9.17) is 11.6 Å². The summed E-state index contributed by atoms with van der Waals surface area (Å²) in [4.78, 5) is 40.5. The third-order valence-electron chi connectivity index (χ3n) is 5.26. The average molecular weight is 478 g/mol. The quantitative estimate of drug-likeness (QED) is 0.708. The molecule has 1 aliphatic heterocycles. The second-order valence-electron chi connectivity index (χ2n) is 7.55. The highest BCUT2D eigenvalue weighted by molar-refractivity contribution is 7.92. The summed E-state index contributed by atoms with van der Waals surface area (Å²) < 4.78 is 26.7. The second-order valence-corrected chi connectivity index (χ2v) is 10.0. The number of nitrogens with one attached hydrogen (secondary N) is 1. The fourth-order valence-electron chi connectivity index (χ4n) is 3.43. The Morgan fingerprint density at radius 3 is 2.12 bits per heavy atom. The Labute approximate surface area is 192 Å². The van der Waals surface area contributed by atoms with Gasteiger partial charge in [-0.25, -0.2) is 8.42 Å². The molecule has 1 N–H and O–H groups in total. The van der Waals surface area contributed by atoms with Crippen LogP contribution in [0.4, 0.5) is 0 Å². The number of rotatable bonds is 5. The molecule has 8 nitrogen and oxygen atoms in total. The van der Waals surface area contributed by atoms with Gasteiger partial charge in [0.05, 0.1) is 4.90 Å². The second kappa shape index (κ2) is 9.70. The van der Waals surface area contributed by atoms with Crippen LogP contribution in [0.5, 0.6) is 0 Å². The molecule has 2 aromatic carbocycles. The molecule has 0 bridgehead atoms. The van der Waals surface area contributed by atoms with Gasteiger partial charge in [-0.2, -0.15) is 0 Å². The summed E-state index contributed by atoms with van der Waals surface area (Å²) in [5.74, 6) is -1.54. The van der Waals surface area contributed by atoms with E-state index in [1.54, 1.807) is 36.1 Å². The summed E-state index contributed by atoms with van der Waals surface area (Å²) in [5.41, 5.74) is 1.07. The molecule has 1 aliphatic rings. The van der Waals surface area contributed by atoms with Crippen LogP contribution in [0.15, 0.2) is 53.4 Å². The largest absolute Gasteiger partial charge is 0.339 e. The van der Waals surface area contributed by atoms with Crippen LogP contribution in [0.3, 0.4) is 0 Å². The van der Waals surface area contributed by atoms with Gasteiger partial charge in [0.25, 0.3) is 11.8 Å². The van der Waals surface area contributed by atoms with Gasteiger partial charge in [0.2, 0.25) is 21.1 Å². The van der Waals surface area contributed by atoms with Gasteiger partial charge in [0.1, 0.15) is 0 Å². The molecule has 0 radical (unpaired) electrons. The van der Waals surface area contributed by atoms with Gasteiger partial charge >= 0.3 is 0 Å². The number of hydrogen-bond acceptors (Lipinski definition) is 5. The summed E-state index contributed by atoms with van der Waals surface area (Å²) in [5, 5.41) is 0.938. The molecule has 3 rings (SSSR count). The summed E-state index contributed by atoms with van der Waals surface area (Å²) in [6.07, 6.45) is 0. The molecule has 1 fully saturated rings. The van der Waals surface area contributed by atoms with Crippen LogP contribution in [-0.4, -0.2) is 67.5 Å². The van der Waals surface area contributed by atoms with Crippen molar-refractivity contribution in [3.8, 4) is 0 Å². The molecular weight excluding hydrogens is 454 g/mol. The number of hydrogen-bond donors (Lipinski definition) is 1. The van der Waals surface area contributed by atoms with Crippen molar-refractivity contribution in [1.29, 1.82) is 0 Å². The molecule has 32 heavy (non-hydrogen) atoms. The number of benzene rings is 2. The number of carbonyl (C=O) groups is 3. The normalized spacial score (nSPS) is 15.2. The van der Waals surface area contributed by atoms with Crippen molar-refractivity contribution < 1.29 is 22.8 Å².